The fraction of sp³-hybridized carbons (Fsp3) is 0.200. The first-order chi connectivity index (χ1) is 9.88. The number of aromatic nitrogens is 4. The fourth-order valence-corrected chi connectivity index (χ4v) is 2.25. The molecule has 0 bridgehead atoms. The van der Waals surface area contributed by atoms with Gasteiger partial charge in [0.15, 0.2) is 0 Å². The summed E-state index contributed by atoms with van der Waals surface area (Å²) in [6, 6.07) is 6.18. The molecule has 0 radical (unpaired) electrons. The van der Waals surface area contributed by atoms with Crippen LogP contribution in [0.3, 0.4) is 0 Å². The highest BCUT2D eigenvalue weighted by atomic mass is 14.9. The molecule has 20 heavy (non-hydrogen) atoms. The van der Waals surface area contributed by atoms with E-state index in [1.54, 1.807) is 18.7 Å². The van der Waals surface area contributed by atoms with Gasteiger partial charge < -0.3 is 5.32 Å². The van der Waals surface area contributed by atoms with Crippen LogP contribution >= 0.6 is 0 Å². The van der Waals surface area contributed by atoms with Crippen LogP contribution in [0.2, 0.25) is 0 Å². The number of nitrogens with one attached hydrogen (secondary N) is 1. The second kappa shape index (κ2) is 5.71. The molecule has 0 fully saturated rings. The van der Waals surface area contributed by atoms with Crippen molar-refractivity contribution in [1.82, 2.24) is 25.3 Å². The van der Waals surface area contributed by atoms with Crippen molar-refractivity contribution in [2.24, 2.45) is 0 Å². The number of fused-ring (bicyclic) bond motifs is 1. The van der Waals surface area contributed by atoms with Crippen LogP contribution in [0.25, 0.3) is 11.0 Å². The number of rotatable bonds is 4. The van der Waals surface area contributed by atoms with Gasteiger partial charge in [-0.05, 0) is 24.2 Å². The maximum atomic E-state index is 4.36. The maximum Gasteiger partial charge on any atom is 0.115 e. The first-order valence-electron chi connectivity index (χ1n) is 6.57. The molecular weight excluding hydrogens is 250 g/mol. The van der Waals surface area contributed by atoms with E-state index in [9.17, 15) is 0 Å². The lowest BCUT2D eigenvalue weighted by molar-refractivity contribution is 0.626. The maximum absolute atomic E-state index is 4.36. The van der Waals surface area contributed by atoms with Crippen molar-refractivity contribution in [2.75, 3.05) is 6.54 Å². The molecule has 1 atom stereocenters. The molecule has 100 valence electrons. The molecule has 0 aliphatic heterocycles. The summed E-state index contributed by atoms with van der Waals surface area (Å²) in [5.74, 6) is 0. The molecule has 1 N–H and O–H groups in total. The largest absolute Gasteiger partial charge is 0.306 e. The van der Waals surface area contributed by atoms with Crippen molar-refractivity contribution in [3.63, 3.8) is 0 Å². The normalized spacial score (nSPS) is 12.4. The minimum atomic E-state index is 0.0626. The molecule has 1 aromatic carbocycles. The predicted octanol–water partition coefficient (Wildman–Crippen LogP) is 2.12. The van der Waals surface area contributed by atoms with E-state index in [-0.39, 0.29) is 6.04 Å². The second-order valence-electron chi connectivity index (χ2n) is 4.47. The number of hydrogen-bond donors (Lipinski definition) is 1. The van der Waals surface area contributed by atoms with Gasteiger partial charge >= 0.3 is 0 Å². The van der Waals surface area contributed by atoms with E-state index < -0.39 is 0 Å². The van der Waals surface area contributed by atoms with Crippen molar-refractivity contribution in [2.45, 2.75) is 13.0 Å². The van der Waals surface area contributed by atoms with Crippen LogP contribution in [-0.2, 0) is 0 Å². The zero-order valence-corrected chi connectivity index (χ0v) is 11.2. The molecule has 5 nitrogen and oxygen atoms in total. The summed E-state index contributed by atoms with van der Waals surface area (Å²) in [6.07, 6.45) is 8.62. The second-order valence-corrected chi connectivity index (χ2v) is 4.47. The molecule has 0 spiro atoms. The molecule has 2 aromatic heterocycles. The molecule has 0 amide bonds. The monoisotopic (exact) mass is 265 g/mol. The summed E-state index contributed by atoms with van der Waals surface area (Å²) in [6.45, 7) is 2.94. The first-order valence-corrected chi connectivity index (χ1v) is 6.57. The Morgan fingerprint density at radius 2 is 1.75 bits per heavy atom. The molecule has 0 aliphatic rings. The molecule has 0 saturated heterocycles. The van der Waals surface area contributed by atoms with E-state index in [2.05, 4.69) is 44.3 Å². The SMILES string of the molecule is CCNC(c1cncnc1)c1ccc2nccnc2c1. The average molecular weight is 265 g/mol. The quantitative estimate of drug-likeness (QED) is 0.782. The standard InChI is InChI=1S/C15H15N5/c1-2-18-15(12-8-16-10-17-9-12)11-3-4-13-14(7-11)20-6-5-19-13/h3-10,15,18H,2H2,1H3. The third kappa shape index (κ3) is 2.48. The van der Waals surface area contributed by atoms with E-state index in [0.717, 1.165) is 28.7 Å². The lowest BCUT2D eigenvalue weighted by atomic mass is 10.0. The van der Waals surface area contributed by atoms with Gasteiger partial charge in [-0.15, -0.1) is 0 Å². The van der Waals surface area contributed by atoms with Gasteiger partial charge in [0.1, 0.15) is 6.33 Å². The lowest BCUT2D eigenvalue weighted by Crippen LogP contribution is -2.22. The van der Waals surface area contributed by atoms with Crippen molar-refractivity contribution in [3.05, 3.63) is 60.4 Å². The lowest BCUT2D eigenvalue weighted by Gasteiger charge is -2.18. The third-order valence-electron chi connectivity index (χ3n) is 3.15. The highest BCUT2D eigenvalue weighted by Gasteiger charge is 2.14. The number of benzene rings is 1. The molecular formula is C15H15N5. The summed E-state index contributed by atoms with van der Waals surface area (Å²) < 4.78 is 0. The molecule has 3 rings (SSSR count). The van der Waals surface area contributed by atoms with Crippen LogP contribution in [0.4, 0.5) is 0 Å². The van der Waals surface area contributed by atoms with Crippen LogP contribution < -0.4 is 5.32 Å². The fourth-order valence-electron chi connectivity index (χ4n) is 2.25. The highest BCUT2D eigenvalue weighted by Crippen LogP contribution is 2.23. The Morgan fingerprint density at radius 3 is 2.50 bits per heavy atom. The average Bonchev–Trinajstić information content (AvgIpc) is 2.53. The number of hydrogen-bond acceptors (Lipinski definition) is 5. The van der Waals surface area contributed by atoms with Gasteiger partial charge in [-0.25, -0.2) is 9.97 Å². The molecule has 0 aliphatic carbocycles. The third-order valence-corrected chi connectivity index (χ3v) is 3.15. The summed E-state index contributed by atoms with van der Waals surface area (Å²) in [5.41, 5.74) is 3.97. The van der Waals surface area contributed by atoms with Gasteiger partial charge in [-0.3, -0.25) is 9.97 Å². The van der Waals surface area contributed by atoms with Crippen LogP contribution in [0, 0.1) is 0 Å². The number of nitrogens with zero attached hydrogens (tertiary/aromatic N) is 4. The van der Waals surface area contributed by atoms with Crippen LogP contribution in [0.15, 0.2) is 49.3 Å². The molecule has 5 heteroatoms. The smallest absolute Gasteiger partial charge is 0.115 e. The minimum Gasteiger partial charge on any atom is -0.306 e. The van der Waals surface area contributed by atoms with Gasteiger partial charge in [0.25, 0.3) is 0 Å². The Kier molecular flexibility index (Phi) is 3.60. The minimum absolute atomic E-state index is 0.0626. The van der Waals surface area contributed by atoms with E-state index >= 15 is 0 Å². The van der Waals surface area contributed by atoms with Crippen molar-refractivity contribution < 1.29 is 0 Å². The van der Waals surface area contributed by atoms with E-state index in [1.807, 2.05) is 18.5 Å². The highest BCUT2D eigenvalue weighted by molar-refractivity contribution is 5.74. The van der Waals surface area contributed by atoms with Gasteiger partial charge in [0, 0.05) is 30.4 Å². The van der Waals surface area contributed by atoms with Crippen molar-refractivity contribution >= 4 is 11.0 Å². The summed E-state index contributed by atoms with van der Waals surface area (Å²) in [7, 11) is 0. The van der Waals surface area contributed by atoms with Crippen LogP contribution in [0.1, 0.15) is 24.1 Å². The van der Waals surface area contributed by atoms with Gasteiger partial charge in [0.05, 0.1) is 17.1 Å². The van der Waals surface area contributed by atoms with E-state index in [4.69, 9.17) is 0 Å². The molecule has 2 heterocycles. The van der Waals surface area contributed by atoms with Crippen molar-refractivity contribution in [3.8, 4) is 0 Å². The zero-order chi connectivity index (χ0) is 13.8. The van der Waals surface area contributed by atoms with Gasteiger partial charge in [-0.1, -0.05) is 13.0 Å². The first kappa shape index (κ1) is 12.6. The Bertz CT molecular complexity index is 699. The zero-order valence-electron chi connectivity index (χ0n) is 11.2. The van der Waals surface area contributed by atoms with Gasteiger partial charge in [0.2, 0.25) is 0 Å². The van der Waals surface area contributed by atoms with Crippen LogP contribution in [0.5, 0.6) is 0 Å². The predicted molar refractivity (Wildman–Crippen MR) is 77.1 cm³/mol. The Labute approximate surface area is 117 Å². The Hall–Kier alpha value is -2.40. The van der Waals surface area contributed by atoms with Gasteiger partial charge in [-0.2, -0.15) is 0 Å². The van der Waals surface area contributed by atoms with E-state index in [0.29, 0.717) is 0 Å². The van der Waals surface area contributed by atoms with Crippen LogP contribution in [-0.4, -0.2) is 26.5 Å². The Balaban J connectivity index is 2.05. The topological polar surface area (TPSA) is 63.6 Å². The Morgan fingerprint density at radius 1 is 1.00 bits per heavy atom. The van der Waals surface area contributed by atoms with Crippen molar-refractivity contribution in [1.29, 1.82) is 0 Å². The summed E-state index contributed by atoms with van der Waals surface area (Å²) >= 11 is 0. The molecule has 0 saturated carbocycles. The molecule has 3 aromatic rings. The van der Waals surface area contributed by atoms with E-state index in [1.165, 1.54) is 0 Å². The molecule has 1 unspecified atom stereocenters. The summed E-state index contributed by atoms with van der Waals surface area (Å²) in [4.78, 5) is 16.8. The summed E-state index contributed by atoms with van der Waals surface area (Å²) in [5, 5.41) is 3.45.